The van der Waals surface area contributed by atoms with Crippen molar-refractivity contribution in [1.82, 2.24) is 15.6 Å². The summed E-state index contributed by atoms with van der Waals surface area (Å²) in [6.07, 6.45) is 0.849. The van der Waals surface area contributed by atoms with Crippen LogP contribution >= 0.6 is 0 Å². The number of carbonyl (C=O) groups excluding carboxylic acids is 1. The molecule has 0 radical (unpaired) electrons. The van der Waals surface area contributed by atoms with E-state index >= 15 is 0 Å². The lowest BCUT2D eigenvalue weighted by atomic mass is 10.1. The molecule has 1 aliphatic rings. The maximum absolute atomic E-state index is 12.4. The highest BCUT2D eigenvalue weighted by Gasteiger charge is 2.13. The Morgan fingerprint density at radius 3 is 2.68 bits per heavy atom. The van der Waals surface area contributed by atoms with Gasteiger partial charge in [-0.1, -0.05) is 30.3 Å². The third-order valence-electron chi connectivity index (χ3n) is 4.38. The summed E-state index contributed by atoms with van der Waals surface area (Å²) in [5.74, 6) is 1.06. The molecule has 0 spiro atoms. The van der Waals surface area contributed by atoms with Crippen molar-refractivity contribution in [1.29, 1.82) is 0 Å². The number of benzene rings is 2. The van der Waals surface area contributed by atoms with Gasteiger partial charge in [-0.3, -0.25) is 9.89 Å². The average Bonchev–Trinajstić information content (AvgIpc) is 3.11. The number of H-pyrrole nitrogens is 1. The standard InChI is InChI=1S/C21H20N4O3/c1-14(16-8-9-19-20(12-16)28-11-5-10-27-19)22-25-21(26)18-13-17(23-24-18)15-6-3-2-4-7-15/h2-4,6-9,12-13H,5,10-11H2,1H3,(H,23,24)(H,25,26)/b22-14-. The highest BCUT2D eigenvalue weighted by atomic mass is 16.5. The van der Waals surface area contributed by atoms with E-state index in [1.165, 1.54) is 0 Å². The Kier molecular flexibility index (Phi) is 5.05. The number of hydrazone groups is 1. The van der Waals surface area contributed by atoms with Crippen LogP contribution in [0.1, 0.15) is 29.4 Å². The highest BCUT2D eigenvalue weighted by molar-refractivity contribution is 6.01. The van der Waals surface area contributed by atoms with Gasteiger partial charge in [0.2, 0.25) is 0 Å². The summed E-state index contributed by atoms with van der Waals surface area (Å²) in [4.78, 5) is 12.4. The van der Waals surface area contributed by atoms with Crippen LogP contribution < -0.4 is 14.9 Å². The molecule has 0 unspecified atom stereocenters. The molecule has 0 aliphatic carbocycles. The van der Waals surface area contributed by atoms with Crippen molar-refractivity contribution in [2.45, 2.75) is 13.3 Å². The largest absolute Gasteiger partial charge is 0.490 e. The van der Waals surface area contributed by atoms with Gasteiger partial charge in [0, 0.05) is 17.5 Å². The second-order valence-corrected chi connectivity index (χ2v) is 6.38. The Morgan fingerprint density at radius 1 is 1.07 bits per heavy atom. The number of amides is 1. The molecule has 2 heterocycles. The van der Waals surface area contributed by atoms with Crippen molar-refractivity contribution in [2.24, 2.45) is 5.10 Å². The average molecular weight is 376 g/mol. The van der Waals surface area contributed by atoms with E-state index in [1.807, 2.05) is 55.5 Å². The fourth-order valence-corrected chi connectivity index (χ4v) is 2.84. The quantitative estimate of drug-likeness (QED) is 0.540. The number of aromatic amines is 1. The van der Waals surface area contributed by atoms with Crippen LogP contribution in [0.5, 0.6) is 11.5 Å². The van der Waals surface area contributed by atoms with Gasteiger partial charge >= 0.3 is 0 Å². The van der Waals surface area contributed by atoms with E-state index in [2.05, 4.69) is 20.7 Å². The van der Waals surface area contributed by atoms with E-state index in [0.717, 1.165) is 23.3 Å². The predicted octanol–water partition coefficient (Wildman–Crippen LogP) is 3.39. The molecule has 2 aromatic carbocycles. The lowest BCUT2D eigenvalue weighted by Gasteiger charge is -2.09. The molecule has 2 N–H and O–H groups in total. The summed E-state index contributed by atoms with van der Waals surface area (Å²) in [5.41, 5.74) is 6.05. The van der Waals surface area contributed by atoms with Gasteiger partial charge in [0.15, 0.2) is 11.5 Å². The molecular formula is C21H20N4O3. The Hall–Kier alpha value is -3.61. The molecule has 0 bridgehead atoms. The zero-order valence-corrected chi connectivity index (χ0v) is 15.4. The molecule has 7 heteroatoms. The number of carbonyl (C=O) groups is 1. The fraction of sp³-hybridized carbons (Fsp3) is 0.190. The minimum absolute atomic E-state index is 0.342. The minimum atomic E-state index is -0.358. The Labute approximate surface area is 162 Å². The number of nitrogens with one attached hydrogen (secondary N) is 2. The van der Waals surface area contributed by atoms with Crippen LogP contribution in [-0.2, 0) is 0 Å². The van der Waals surface area contributed by atoms with Crippen molar-refractivity contribution in [2.75, 3.05) is 13.2 Å². The lowest BCUT2D eigenvalue weighted by Crippen LogP contribution is -2.19. The molecule has 1 aliphatic heterocycles. The fourth-order valence-electron chi connectivity index (χ4n) is 2.84. The number of aromatic nitrogens is 2. The normalized spacial score (nSPS) is 13.7. The SMILES string of the molecule is C/C(=N/NC(=O)c1cc(-c2ccccc2)n[nH]1)c1ccc2c(c1)OCCCO2. The third kappa shape index (κ3) is 3.88. The highest BCUT2D eigenvalue weighted by Crippen LogP contribution is 2.30. The maximum Gasteiger partial charge on any atom is 0.289 e. The summed E-state index contributed by atoms with van der Waals surface area (Å²) >= 11 is 0. The molecule has 4 rings (SSSR count). The number of hydrogen-bond acceptors (Lipinski definition) is 5. The van der Waals surface area contributed by atoms with Crippen LogP contribution in [0.2, 0.25) is 0 Å². The molecule has 1 aromatic heterocycles. The van der Waals surface area contributed by atoms with Gasteiger partial charge < -0.3 is 9.47 Å². The van der Waals surface area contributed by atoms with E-state index in [-0.39, 0.29) is 5.91 Å². The maximum atomic E-state index is 12.4. The van der Waals surface area contributed by atoms with Gasteiger partial charge in [0.25, 0.3) is 5.91 Å². The molecule has 28 heavy (non-hydrogen) atoms. The van der Waals surface area contributed by atoms with E-state index < -0.39 is 0 Å². The molecular weight excluding hydrogens is 356 g/mol. The van der Waals surface area contributed by atoms with Crippen LogP contribution in [0.25, 0.3) is 11.3 Å². The lowest BCUT2D eigenvalue weighted by molar-refractivity contribution is 0.0950. The van der Waals surface area contributed by atoms with Crippen LogP contribution in [0.4, 0.5) is 0 Å². The van der Waals surface area contributed by atoms with Gasteiger partial charge in [0.1, 0.15) is 5.69 Å². The molecule has 0 atom stereocenters. The van der Waals surface area contributed by atoms with Gasteiger partial charge in [-0.25, -0.2) is 5.43 Å². The second-order valence-electron chi connectivity index (χ2n) is 6.38. The topological polar surface area (TPSA) is 88.6 Å². The third-order valence-corrected chi connectivity index (χ3v) is 4.38. The molecule has 0 saturated carbocycles. The van der Waals surface area contributed by atoms with Crippen LogP contribution in [-0.4, -0.2) is 35.0 Å². The first-order valence-electron chi connectivity index (χ1n) is 9.06. The van der Waals surface area contributed by atoms with Crippen molar-refractivity contribution in [3.8, 4) is 22.8 Å². The van der Waals surface area contributed by atoms with Gasteiger partial charge in [-0.15, -0.1) is 0 Å². The van der Waals surface area contributed by atoms with Gasteiger partial charge in [-0.05, 0) is 31.2 Å². The summed E-state index contributed by atoms with van der Waals surface area (Å²) in [6, 6.07) is 17.0. The molecule has 7 nitrogen and oxygen atoms in total. The van der Waals surface area contributed by atoms with Gasteiger partial charge in [0.05, 0.1) is 24.6 Å². The van der Waals surface area contributed by atoms with Gasteiger partial charge in [-0.2, -0.15) is 10.2 Å². The zero-order chi connectivity index (χ0) is 19.3. The smallest absolute Gasteiger partial charge is 0.289 e. The van der Waals surface area contributed by atoms with Crippen molar-refractivity contribution < 1.29 is 14.3 Å². The van der Waals surface area contributed by atoms with Crippen molar-refractivity contribution in [3.05, 3.63) is 65.9 Å². The van der Waals surface area contributed by atoms with E-state index in [1.54, 1.807) is 6.07 Å². The first kappa shape index (κ1) is 17.8. The number of fused-ring (bicyclic) bond motifs is 1. The number of hydrogen-bond donors (Lipinski definition) is 2. The van der Waals surface area contributed by atoms with Crippen LogP contribution in [0.3, 0.4) is 0 Å². The first-order chi connectivity index (χ1) is 13.7. The summed E-state index contributed by atoms with van der Waals surface area (Å²) < 4.78 is 11.3. The summed E-state index contributed by atoms with van der Waals surface area (Å²) in [7, 11) is 0. The number of rotatable bonds is 4. The monoisotopic (exact) mass is 376 g/mol. The molecule has 142 valence electrons. The first-order valence-corrected chi connectivity index (χ1v) is 9.06. The minimum Gasteiger partial charge on any atom is -0.490 e. The van der Waals surface area contributed by atoms with Crippen molar-refractivity contribution in [3.63, 3.8) is 0 Å². The van der Waals surface area contributed by atoms with Crippen LogP contribution in [0, 0.1) is 0 Å². The Morgan fingerprint density at radius 2 is 1.86 bits per heavy atom. The molecule has 3 aromatic rings. The number of ether oxygens (including phenoxy) is 2. The zero-order valence-electron chi connectivity index (χ0n) is 15.4. The summed E-state index contributed by atoms with van der Waals surface area (Å²) in [6.45, 7) is 3.08. The molecule has 1 amide bonds. The predicted molar refractivity (Wildman–Crippen MR) is 106 cm³/mol. The molecule has 0 saturated heterocycles. The second kappa shape index (κ2) is 7.96. The van der Waals surface area contributed by atoms with Crippen molar-refractivity contribution >= 4 is 11.6 Å². The Bertz CT molecular complexity index is 1010. The van der Waals surface area contributed by atoms with E-state index in [0.29, 0.717) is 36.1 Å². The van der Waals surface area contributed by atoms with E-state index in [9.17, 15) is 4.79 Å². The molecule has 0 fully saturated rings. The number of nitrogens with zero attached hydrogens (tertiary/aromatic N) is 2. The van der Waals surface area contributed by atoms with Crippen LogP contribution in [0.15, 0.2) is 59.7 Å². The Balaban J connectivity index is 1.46. The van der Waals surface area contributed by atoms with E-state index in [4.69, 9.17) is 9.47 Å². The summed E-state index contributed by atoms with van der Waals surface area (Å²) in [5, 5.41) is 11.1.